The Balaban J connectivity index is 3.58. The van der Waals surface area contributed by atoms with Crippen LogP contribution in [0.15, 0.2) is 23.8 Å². The molecule has 1 amide bonds. The van der Waals surface area contributed by atoms with Gasteiger partial charge in [0.05, 0.1) is 10.5 Å². The van der Waals surface area contributed by atoms with Crippen LogP contribution in [-0.2, 0) is 9.59 Å². The van der Waals surface area contributed by atoms with Gasteiger partial charge in [-0.2, -0.15) is 5.26 Å². The molecule has 0 aliphatic heterocycles. The molecule has 0 spiro atoms. The van der Waals surface area contributed by atoms with E-state index in [0.717, 1.165) is 12.1 Å². The molecule has 1 rings (SSSR count). The first-order valence-electron chi connectivity index (χ1n) is 6.50. The molecule has 0 aromatic heterocycles. The average Bonchev–Trinajstić information content (AvgIpc) is 2.47. The van der Waals surface area contributed by atoms with Crippen molar-refractivity contribution in [3.63, 3.8) is 0 Å². The number of nitrogens with zero attached hydrogens (tertiary/aromatic N) is 2. The molecule has 120 valence electrons. The fourth-order valence-corrected chi connectivity index (χ4v) is 1.76. The minimum atomic E-state index is -0.938. The molecule has 0 atom stereocenters. The van der Waals surface area contributed by atoms with Gasteiger partial charge in [-0.05, 0) is 12.1 Å². The molecule has 1 aromatic carbocycles. The van der Waals surface area contributed by atoms with Crippen molar-refractivity contribution in [1.82, 2.24) is 0 Å². The predicted octanol–water partition coefficient (Wildman–Crippen LogP) is 2.57. The number of hydrogen-bond donors (Lipinski definition) is 2. The maximum Gasteiger partial charge on any atom is 0.282 e. The van der Waals surface area contributed by atoms with Gasteiger partial charge in [0.25, 0.3) is 5.69 Å². The predicted molar refractivity (Wildman–Crippen MR) is 82.4 cm³/mol. The largest absolute Gasteiger partial charge is 0.506 e. The van der Waals surface area contributed by atoms with E-state index in [9.17, 15) is 24.8 Å². The molecule has 1 aromatic rings. The molecule has 0 unspecified atom stereocenters. The number of nitriles is 1. The molecule has 23 heavy (non-hydrogen) atoms. The highest BCUT2D eigenvalue weighted by molar-refractivity contribution is 6.08. The summed E-state index contributed by atoms with van der Waals surface area (Å²) in [6, 6.07) is 5.09. The summed E-state index contributed by atoms with van der Waals surface area (Å²) in [6.07, 6.45) is 0.346. The van der Waals surface area contributed by atoms with E-state index in [4.69, 9.17) is 5.26 Å². The second-order valence-electron chi connectivity index (χ2n) is 5.67. The van der Waals surface area contributed by atoms with Crippen LogP contribution in [0.2, 0.25) is 0 Å². The van der Waals surface area contributed by atoms with Crippen molar-refractivity contribution in [3.8, 4) is 6.07 Å². The van der Waals surface area contributed by atoms with Crippen molar-refractivity contribution in [3.05, 3.63) is 39.4 Å². The summed E-state index contributed by atoms with van der Waals surface area (Å²) in [5, 5.41) is 32.7. The number of nitro benzene ring substituents is 1. The molecule has 0 heterocycles. The van der Waals surface area contributed by atoms with Crippen LogP contribution in [0.1, 0.15) is 26.3 Å². The highest BCUT2D eigenvalue weighted by atomic mass is 16.6. The third kappa shape index (κ3) is 3.91. The van der Waals surface area contributed by atoms with E-state index < -0.39 is 33.1 Å². The summed E-state index contributed by atoms with van der Waals surface area (Å²) in [5.41, 5.74) is -2.17. The molecule has 0 radical (unpaired) electrons. The first-order valence-corrected chi connectivity index (χ1v) is 6.50. The number of aliphatic hydroxyl groups excluding tert-OH is 1. The van der Waals surface area contributed by atoms with E-state index in [1.165, 1.54) is 6.07 Å². The van der Waals surface area contributed by atoms with Crippen molar-refractivity contribution in [2.75, 3.05) is 5.32 Å². The maximum atomic E-state index is 12.2. The summed E-state index contributed by atoms with van der Waals surface area (Å²) in [4.78, 5) is 33.0. The fraction of sp³-hybridized carbons (Fsp3) is 0.267. The van der Waals surface area contributed by atoms with Crippen LogP contribution in [0.5, 0.6) is 0 Å². The fourth-order valence-electron chi connectivity index (χ4n) is 1.76. The average molecular weight is 317 g/mol. The number of benzene rings is 1. The normalized spacial score (nSPS) is 11.9. The van der Waals surface area contributed by atoms with Crippen LogP contribution >= 0.6 is 0 Å². The quantitative estimate of drug-likeness (QED) is 0.214. The lowest BCUT2D eigenvalue weighted by Crippen LogP contribution is -2.22. The van der Waals surface area contributed by atoms with Gasteiger partial charge in [-0.1, -0.05) is 20.8 Å². The van der Waals surface area contributed by atoms with Crippen LogP contribution < -0.4 is 5.32 Å². The van der Waals surface area contributed by atoms with Gasteiger partial charge in [0.1, 0.15) is 11.6 Å². The van der Waals surface area contributed by atoms with Crippen LogP contribution in [0.4, 0.5) is 11.4 Å². The molecule has 0 aliphatic rings. The number of allylic oxidation sites excluding steroid dienone is 1. The lowest BCUT2D eigenvalue weighted by molar-refractivity contribution is -0.385. The molecule has 0 aliphatic carbocycles. The maximum absolute atomic E-state index is 12.2. The Morgan fingerprint density at radius 1 is 1.43 bits per heavy atom. The Morgan fingerprint density at radius 3 is 2.48 bits per heavy atom. The van der Waals surface area contributed by atoms with E-state index in [0.29, 0.717) is 6.41 Å². The lowest BCUT2D eigenvalue weighted by Gasteiger charge is -2.16. The zero-order valence-electron chi connectivity index (χ0n) is 12.8. The number of carbonyl (C=O) groups excluding carboxylic acids is 2. The number of nitro groups is 1. The SMILES string of the molecule is CC(C)(C)C(=O)C(C#N)=C(O)c1ccc(NC=O)cc1[N+](=O)[O-]. The molecule has 8 heteroatoms. The first-order chi connectivity index (χ1) is 10.6. The van der Waals surface area contributed by atoms with Crippen molar-refractivity contribution in [2.24, 2.45) is 5.41 Å². The van der Waals surface area contributed by atoms with Gasteiger partial charge < -0.3 is 10.4 Å². The Hall–Kier alpha value is -3.21. The summed E-state index contributed by atoms with van der Waals surface area (Å²) >= 11 is 0. The van der Waals surface area contributed by atoms with Crippen LogP contribution in [0, 0.1) is 26.9 Å². The smallest absolute Gasteiger partial charge is 0.282 e. The standard InChI is InChI=1S/C15H15N3O5/c1-15(2,3)14(21)11(7-16)13(20)10-5-4-9(17-8-19)6-12(10)18(22)23/h4-6,8,20H,1-3H3,(H,17,19). The van der Waals surface area contributed by atoms with Gasteiger partial charge in [0, 0.05) is 17.2 Å². The number of rotatable bonds is 5. The van der Waals surface area contributed by atoms with Gasteiger partial charge in [-0.15, -0.1) is 0 Å². The van der Waals surface area contributed by atoms with E-state index in [1.807, 2.05) is 0 Å². The molecule has 0 fully saturated rings. The second kappa shape index (κ2) is 6.70. The highest BCUT2D eigenvalue weighted by Crippen LogP contribution is 2.31. The zero-order chi connectivity index (χ0) is 17.8. The third-order valence-electron chi connectivity index (χ3n) is 2.93. The Bertz CT molecular complexity index is 738. The first kappa shape index (κ1) is 17.8. The Morgan fingerprint density at radius 2 is 2.04 bits per heavy atom. The second-order valence-corrected chi connectivity index (χ2v) is 5.67. The number of hydrogen-bond acceptors (Lipinski definition) is 6. The summed E-state index contributed by atoms with van der Waals surface area (Å²) < 4.78 is 0. The van der Waals surface area contributed by atoms with E-state index >= 15 is 0 Å². The van der Waals surface area contributed by atoms with Crippen LogP contribution in [-0.4, -0.2) is 22.2 Å². The van der Waals surface area contributed by atoms with Crippen molar-refractivity contribution in [2.45, 2.75) is 20.8 Å². The topological polar surface area (TPSA) is 133 Å². The number of anilines is 1. The van der Waals surface area contributed by atoms with E-state index in [2.05, 4.69) is 5.32 Å². The number of amides is 1. The molecule has 0 saturated heterocycles. The zero-order valence-corrected chi connectivity index (χ0v) is 12.8. The Kier molecular flexibility index (Phi) is 5.20. The van der Waals surface area contributed by atoms with Crippen molar-refractivity contribution < 1.29 is 19.6 Å². The van der Waals surface area contributed by atoms with E-state index in [-0.39, 0.29) is 11.3 Å². The van der Waals surface area contributed by atoms with E-state index in [1.54, 1.807) is 26.8 Å². The van der Waals surface area contributed by atoms with Gasteiger partial charge in [-0.3, -0.25) is 19.7 Å². The van der Waals surface area contributed by atoms with Gasteiger partial charge in [0.2, 0.25) is 6.41 Å². The van der Waals surface area contributed by atoms with Gasteiger partial charge in [-0.25, -0.2) is 0 Å². The Labute approximate surface area is 132 Å². The number of nitrogens with one attached hydrogen (secondary N) is 1. The summed E-state index contributed by atoms with van der Waals surface area (Å²) in [7, 11) is 0. The minimum absolute atomic E-state index is 0.143. The van der Waals surface area contributed by atoms with Gasteiger partial charge in [0.15, 0.2) is 11.5 Å². The molecular formula is C15H15N3O5. The number of ketones is 1. The number of aliphatic hydroxyl groups is 1. The molecule has 2 N–H and O–H groups in total. The van der Waals surface area contributed by atoms with Crippen LogP contribution in [0.3, 0.4) is 0 Å². The molecule has 0 bridgehead atoms. The third-order valence-corrected chi connectivity index (χ3v) is 2.93. The van der Waals surface area contributed by atoms with Crippen molar-refractivity contribution >= 4 is 29.3 Å². The summed E-state index contributed by atoms with van der Waals surface area (Å²) in [6.45, 7) is 4.68. The molecule has 0 saturated carbocycles. The number of Topliss-reactive ketones (excluding diaryl/α,β-unsaturated/α-hetero) is 1. The highest BCUT2D eigenvalue weighted by Gasteiger charge is 2.30. The van der Waals surface area contributed by atoms with Crippen LogP contribution in [0.25, 0.3) is 5.76 Å². The molecule has 8 nitrogen and oxygen atoms in total. The molecular weight excluding hydrogens is 302 g/mol. The van der Waals surface area contributed by atoms with Crippen molar-refractivity contribution in [1.29, 1.82) is 5.26 Å². The number of carbonyl (C=O) groups is 2. The summed E-state index contributed by atoms with van der Waals surface area (Å²) in [5.74, 6) is -1.40. The van der Waals surface area contributed by atoms with Gasteiger partial charge >= 0.3 is 0 Å². The monoisotopic (exact) mass is 317 g/mol. The minimum Gasteiger partial charge on any atom is -0.506 e. The lowest BCUT2D eigenvalue weighted by atomic mass is 9.85.